The van der Waals surface area contributed by atoms with E-state index in [9.17, 15) is 22.8 Å². The molecule has 3 aromatic rings. The summed E-state index contributed by atoms with van der Waals surface area (Å²) in [4.78, 5) is 41.9. The fraction of sp³-hybridized carbons (Fsp3) is 0.375. The molecule has 202 valence electrons. The van der Waals surface area contributed by atoms with Crippen molar-refractivity contribution in [1.29, 1.82) is 0 Å². The van der Waals surface area contributed by atoms with Gasteiger partial charge < -0.3 is 20.1 Å². The van der Waals surface area contributed by atoms with Crippen molar-refractivity contribution in [3.63, 3.8) is 0 Å². The molecule has 2 N–H and O–H groups in total. The minimum absolute atomic E-state index is 0.192. The molecule has 14 heteroatoms. The van der Waals surface area contributed by atoms with Gasteiger partial charge in [0.25, 0.3) is 5.56 Å². The average molecular weight is 534 g/mol. The number of ether oxygens (including phenoxy) is 1. The van der Waals surface area contributed by atoms with E-state index < -0.39 is 12.1 Å². The predicted octanol–water partition coefficient (Wildman–Crippen LogP) is 1.55. The van der Waals surface area contributed by atoms with Crippen LogP contribution in [0.5, 0.6) is 5.75 Å². The van der Waals surface area contributed by atoms with Gasteiger partial charge in [-0.05, 0) is 19.1 Å². The maximum Gasteiger partial charge on any atom is 0.490 e. The molecule has 0 amide bonds. The molecule has 11 nitrogen and oxygen atoms in total. The summed E-state index contributed by atoms with van der Waals surface area (Å²) >= 11 is 0. The molecule has 1 saturated heterocycles. The number of imidazole rings is 1. The summed E-state index contributed by atoms with van der Waals surface area (Å²) in [5.74, 6) is 4.06. The first-order valence-corrected chi connectivity index (χ1v) is 11.4. The van der Waals surface area contributed by atoms with Crippen LogP contribution in [0.25, 0.3) is 11.0 Å². The van der Waals surface area contributed by atoms with Gasteiger partial charge in [-0.3, -0.25) is 14.2 Å². The number of fused-ring (bicyclic) bond motifs is 1. The normalized spacial score (nSPS) is 13.2. The number of aromatic nitrogens is 4. The number of halogens is 3. The third-order valence-electron chi connectivity index (χ3n) is 5.49. The molecule has 1 aromatic carbocycles. The Balaban J connectivity index is 0.000000505. The zero-order valence-corrected chi connectivity index (χ0v) is 20.6. The van der Waals surface area contributed by atoms with E-state index in [0.717, 1.165) is 26.2 Å². The highest BCUT2D eigenvalue weighted by Gasteiger charge is 2.38. The van der Waals surface area contributed by atoms with E-state index >= 15 is 0 Å². The Kier molecular flexibility index (Phi) is 9.08. The molecule has 0 spiro atoms. The summed E-state index contributed by atoms with van der Waals surface area (Å²) in [6.45, 7) is 5.18. The number of para-hydroxylation sites is 1. The van der Waals surface area contributed by atoms with Crippen LogP contribution in [-0.4, -0.2) is 75.7 Å². The van der Waals surface area contributed by atoms with Crippen molar-refractivity contribution >= 4 is 28.7 Å². The Labute approximate surface area is 214 Å². The van der Waals surface area contributed by atoms with Gasteiger partial charge in [-0.25, -0.2) is 14.5 Å². The quantitative estimate of drug-likeness (QED) is 0.357. The van der Waals surface area contributed by atoms with Crippen LogP contribution >= 0.6 is 0 Å². The van der Waals surface area contributed by atoms with Gasteiger partial charge in [0.1, 0.15) is 23.3 Å². The lowest BCUT2D eigenvalue weighted by atomic mass is 10.1. The Morgan fingerprint density at radius 2 is 1.87 bits per heavy atom. The standard InChI is InChI=1S/C22H24N6O3.C2HF3O2/c1-3-4-11-27-20-17(25-22(27)26-12-9-23-10-13-26)14-24-28(21(20)30)15-18(29)16-7-5-6-8-19(16)31-2;3-2(4,5)1(6)7/h5-8,14,23H,9-13,15H2,1-2H3;(H,6,7). The molecule has 0 atom stereocenters. The van der Waals surface area contributed by atoms with Crippen LogP contribution in [0.15, 0.2) is 35.3 Å². The van der Waals surface area contributed by atoms with E-state index in [2.05, 4.69) is 32.1 Å². The van der Waals surface area contributed by atoms with Gasteiger partial charge in [0.2, 0.25) is 5.95 Å². The summed E-state index contributed by atoms with van der Waals surface area (Å²) in [5, 5.41) is 14.6. The third-order valence-corrected chi connectivity index (χ3v) is 5.49. The number of hydrogen-bond donors (Lipinski definition) is 2. The van der Waals surface area contributed by atoms with E-state index in [1.54, 1.807) is 31.2 Å². The zero-order chi connectivity index (χ0) is 27.9. The van der Waals surface area contributed by atoms with Crippen molar-refractivity contribution in [2.24, 2.45) is 0 Å². The molecule has 0 aliphatic carbocycles. The van der Waals surface area contributed by atoms with Crippen molar-refractivity contribution < 1.29 is 32.6 Å². The highest BCUT2D eigenvalue weighted by molar-refractivity contribution is 5.98. The minimum atomic E-state index is -5.08. The van der Waals surface area contributed by atoms with E-state index in [-0.39, 0.29) is 17.9 Å². The molecule has 2 aromatic heterocycles. The fourth-order valence-corrected chi connectivity index (χ4v) is 3.70. The number of rotatable bonds is 6. The molecule has 1 fully saturated rings. The van der Waals surface area contributed by atoms with Crippen LogP contribution in [0, 0.1) is 11.8 Å². The lowest BCUT2D eigenvalue weighted by Crippen LogP contribution is -2.44. The number of methoxy groups -OCH3 is 1. The molecule has 38 heavy (non-hydrogen) atoms. The Bertz CT molecular complexity index is 1430. The molecule has 0 bridgehead atoms. The number of carboxylic acids is 1. The van der Waals surface area contributed by atoms with E-state index in [1.165, 1.54) is 18.0 Å². The van der Waals surface area contributed by atoms with Crippen LogP contribution in [-0.2, 0) is 17.9 Å². The van der Waals surface area contributed by atoms with E-state index in [0.29, 0.717) is 34.8 Å². The van der Waals surface area contributed by atoms with Gasteiger partial charge in [0.15, 0.2) is 5.78 Å². The lowest BCUT2D eigenvalue weighted by molar-refractivity contribution is -0.192. The summed E-state index contributed by atoms with van der Waals surface area (Å²) in [7, 11) is 1.51. The van der Waals surface area contributed by atoms with Crippen molar-refractivity contribution in [3.05, 3.63) is 46.4 Å². The number of ketones is 1. The number of carboxylic acid groups (broad SMARTS) is 1. The number of aliphatic carboxylic acids is 1. The molecule has 0 saturated carbocycles. The predicted molar refractivity (Wildman–Crippen MR) is 131 cm³/mol. The number of alkyl halides is 3. The highest BCUT2D eigenvalue weighted by atomic mass is 19.4. The van der Waals surface area contributed by atoms with Crippen LogP contribution in [0.2, 0.25) is 0 Å². The second-order valence-electron chi connectivity index (χ2n) is 7.93. The van der Waals surface area contributed by atoms with Gasteiger partial charge in [0, 0.05) is 26.2 Å². The Morgan fingerprint density at radius 3 is 2.47 bits per heavy atom. The number of carbonyl (C=O) groups excluding carboxylic acids is 1. The number of nitrogens with zero attached hydrogens (tertiary/aromatic N) is 5. The van der Waals surface area contributed by atoms with Crippen LogP contribution in [0.3, 0.4) is 0 Å². The topological polar surface area (TPSA) is 132 Å². The van der Waals surface area contributed by atoms with Crippen molar-refractivity contribution in [2.75, 3.05) is 38.2 Å². The van der Waals surface area contributed by atoms with Crippen molar-refractivity contribution in [1.82, 2.24) is 24.6 Å². The molecule has 1 aliphatic rings. The van der Waals surface area contributed by atoms with Crippen molar-refractivity contribution in [2.45, 2.75) is 26.2 Å². The maximum absolute atomic E-state index is 13.3. The number of benzene rings is 1. The summed E-state index contributed by atoms with van der Waals surface area (Å²) < 4.78 is 40.0. The van der Waals surface area contributed by atoms with E-state index in [1.807, 2.05) is 4.57 Å². The van der Waals surface area contributed by atoms with Gasteiger partial charge in [-0.15, -0.1) is 5.92 Å². The highest BCUT2D eigenvalue weighted by Crippen LogP contribution is 2.21. The van der Waals surface area contributed by atoms with Crippen LogP contribution < -0.4 is 20.5 Å². The number of carbonyl (C=O) groups is 2. The minimum Gasteiger partial charge on any atom is -0.496 e. The molecule has 3 heterocycles. The van der Waals surface area contributed by atoms with Gasteiger partial charge in [-0.2, -0.15) is 18.3 Å². The second kappa shape index (κ2) is 12.2. The number of nitrogens with one attached hydrogen (secondary N) is 1. The Morgan fingerprint density at radius 1 is 1.21 bits per heavy atom. The van der Waals surface area contributed by atoms with Crippen molar-refractivity contribution in [3.8, 4) is 17.6 Å². The van der Waals surface area contributed by atoms with Gasteiger partial charge >= 0.3 is 12.1 Å². The summed E-state index contributed by atoms with van der Waals surface area (Å²) in [6, 6.07) is 6.93. The number of Topliss-reactive ketones (excluding diaryl/α,β-unsaturated/α-hetero) is 1. The largest absolute Gasteiger partial charge is 0.496 e. The molecule has 4 rings (SSSR count). The van der Waals surface area contributed by atoms with Gasteiger partial charge in [0.05, 0.1) is 25.4 Å². The average Bonchev–Trinajstić information content (AvgIpc) is 3.28. The first-order chi connectivity index (χ1) is 18.1. The summed E-state index contributed by atoms with van der Waals surface area (Å²) in [6.07, 6.45) is -3.55. The molecule has 0 radical (unpaired) electrons. The number of piperazine rings is 1. The molecular formula is C24H25F3N6O5. The van der Waals surface area contributed by atoms with Crippen LogP contribution in [0.1, 0.15) is 17.3 Å². The monoisotopic (exact) mass is 534 g/mol. The zero-order valence-electron chi connectivity index (χ0n) is 20.6. The van der Waals surface area contributed by atoms with Gasteiger partial charge in [-0.1, -0.05) is 18.1 Å². The fourth-order valence-electron chi connectivity index (χ4n) is 3.70. The second-order valence-corrected chi connectivity index (χ2v) is 7.93. The molecular weight excluding hydrogens is 509 g/mol. The molecule has 0 unspecified atom stereocenters. The number of hydrogen-bond acceptors (Lipinski definition) is 8. The van der Waals surface area contributed by atoms with E-state index in [4.69, 9.17) is 14.6 Å². The molecule has 1 aliphatic heterocycles. The lowest BCUT2D eigenvalue weighted by Gasteiger charge is -2.28. The first kappa shape index (κ1) is 28.2. The maximum atomic E-state index is 13.3. The first-order valence-electron chi connectivity index (χ1n) is 11.4. The Hall–Kier alpha value is -4.38. The number of anilines is 1. The summed E-state index contributed by atoms with van der Waals surface area (Å²) in [5.41, 5.74) is 0.940. The SMILES string of the molecule is CC#CCn1c(N2CCNCC2)nc2cnn(CC(=O)c3ccccc3OC)c(=O)c21.O=C(O)C(F)(F)F. The third kappa shape index (κ3) is 6.48. The van der Waals surface area contributed by atoms with Crippen LogP contribution in [0.4, 0.5) is 19.1 Å². The smallest absolute Gasteiger partial charge is 0.490 e.